The van der Waals surface area contributed by atoms with Crippen molar-refractivity contribution >= 4 is 17.2 Å². The van der Waals surface area contributed by atoms with E-state index in [1.54, 1.807) is 18.6 Å². The predicted octanol–water partition coefficient (Wildman–Crippen LogP) is 1.34. The van der Waals surface area contributed by atoms with Crippen molar-refractivity contribution in [3.05, 3.63) is 29.7 Å². The molecule has 2 atom stereocenters. The van der Waals surface area contributed by atoms with Gasteiger partial charge >= 0.3 is 0 Å². The van der Waals surface area contributed by atoms with Crippen molar-refractivity contribution in [3.8, 4) is 10.7 Å². The summed E-state index contributed by atoms with van der Waals surface area (Å²) in [7, 11) is 0. The van der Waals surface area contributed by atoms with E-state index in [0.29, 0.717) is 18.9 Å². The van der Waals surface area contributed by atoms with Crippen LogP contribution in [0.25, 0.3) is 10.7 Å². The molecule has 1 saturated heterocycles. The van der Waals surface area contributed by atoms with Crippen LogP contribution in [0.3, 0.4) is 0 Å². The molecule has 1 fully saturated rings. The Bertz CT molecular complexity index is 644. The molecule has 0 saturated carbocycles. The molecule has 0 aliphatic carbocycles. The number of amides is 1. The Labute approximate surface area is 133 Å². The summed E-state index contributed by atoms with van der Waals surface area (Å²) in [5, 5.41) is 2.72. The van der Waals surface area contributed by atoms with Gasteiger partial charge in [0, 0.05) is 30.4 Å². The van der Waals surface area contributed by atoms with Crippen LogP contribution < -0.4 is 5.73 Å². The van der Waals surface area contributed by atoms with E-state index >= 15 is 0 Å². The molecule has 7 heteroatoms. The maximum atomic E-state index is 12.5. The Morgan fingerprint density at radius 1 is 1.50 bits per heavy atom. The van der Waals surface area contributed by atoms with Gasteiger partial charge in [0.2, 0.25) is 5.91 Å². The summed E-state index contributed by atoms with van der Waals surface area (Å²) in [4.78, 5) is 27.2. The van der Waals surface area contributed by atoms with Gasteiger partial charge in [-0.2, -0.15) is 0 Å². The van der Waals surface area contributed by atoms with Crippen LogP contribution >= 0.6 is 11.3 Å². The highest BCUT2D eigenvalue weighted by Crippen LogP contribution is 2.25. The number of aromatic nitrogens is 3. The van der Waals surface area contributed by atoms with E-state index in [-0.39, 0.29) is 11.9 Å². The highest BCUT2D eigenvalue weighted by Gasteiger charge is 2.31. The van der Waals surface area contributed by atoms with Gasteiger partial charge in [-0.15, -0.1) is 11.3 Å². The number of hydrogen-bond donors (Lipinski definition) is 1. The molecular weight excluding hydrogens is 298 g/mol. The summed E-state index contributed by atoms with van der Waals surface area (Å²) in [6.07, 6.45) is 6.27. The van der Waals surface area contributed by atoms with Crippen molar-refractivity contribution in [1.29, 1.82) is 0 Å². The van der Waals surface area contributed by atoms with Crippen LogP contribution in [0, 0.1) is 5.92 Å². The van der Waals surface area contributed by atoms with Crippen molar-refractivity contribution in [3.63, 3.8) is 0 Å². The first-order chi connectivity index (χ1) is 10.7. The molecular formula is C15H19N5OS. The Balaban J connectivity index is 1.67. The summed E-state index contributed by atoms with van der Waals surface area (Å²) >= 11 is 1.49. The first-order valence-electron chi connectivity index (χ1n) is 7.37. The van der Waals surface area contributed by atoms with E-state index in [1.807, 2.05) is 10.3 Å². The molecule has 0 aromatic carbocycles. The lowest BCUT2D eigenvalue weighted by Gasteiger charge is -2.21. The maximum absolute atomic E-state index is 12.5. The second-order valence-corrected chi connectivity index (χ2v) is 6.50. The number of thiazole rings is 1. The van der Waals surface area contributed by atoms with Gasteiger partial charge in [-0.1, -0.05) is 0 Å². The minimum Gasteiger partial charge on any atom is -0.339 e. The van der Waals surface area contributed by atoms with E-state index in [1.165, 1.54) is 11.3 Å². The first-order valence-corrected chi connectivity index (χ1v) is 8.25. The van der Waals surface area contributed by atoms with Gasteiger partial charge in [0.05, 0.1) is 18.3 Å². The topological polar surface area (TPSA) is 85.0 Å². The first kappa shape index (κ1) is 15.1. The smallest absolute Gasteiger partial charge is 0.228 e. The number of nitrogens with two attached hydrogens (primary N) is 1. The molecule has 22 heavy (non-hydrogen) atoms. The van der Waals surface area contributed by atoms with E-state index in [2.05, 4.69) is 21.9 Å². The predicted molar refractivity (Wildman–Crippen MR) is 85.2 cm³/mol. The molecule has 116 valence electrons. The zero-order valence-electron chi connectivity index (χ0n) is 12.5. The van der Waals surface area contributed by atoms with Gasteiger partial charge in [0.25, 0.3) is 0 Å². The van der Waals surface area contributed by atoms with Gasteiger partial charge in [-0.25, -0.2) is 4.98 Å². The molecule has 2 unspecified atom stereocenters. The second kappa shape index (κ2) is 6.50. The summed E-state index contributed by atoms with van der Waals surface area (Å²) in [5.41, 5.74) is 7.25. The highest BCUT2D eigenvalue weighted by atomic mass is 32.1. The lowest BCUT2D eigenvalue weighted by molar-refractivity contribution is -0.131. The van der Waals surface area contributed by atoms with Gasteiger partial charge in [-0.3, -0.25) is 14.8 Å². The zero-order chi connectivity index (χ0) is 15.5. The standard InChI is InChI=1S/C15H19N5OS/c1-10-4-11(6-16)8-20(10)14(21)5-12-9-22-15(19-12)13-7-17-2-3-18-13/h2-3,7,9-11H,4-6,8,16H2,1H3. The van der Waals surface area contributed by atoms with Gasteiger partial charge in [0.15, 0.2) is 0 Å². The van der Waals surface area contributed by atoms with Crippen LogP contribution in [0.2, 0.25) is 0 Å². The van der Waals surface area contributed by atoms with Crippen molar-refractivity contribution < 1.29 is 4.79 Å². The largest absolute Gasteiger partial charge is 0.339 e. The fraction of sp³-hybridized carbons (Fsp3) is 0.467. The SMILES string of the molecule is CC1CC(CN)CN1C(=O)Cc1csc(-c2cnccn2)n1. The van der Waals surface area contributed by atoms with E-state index in [4.69, 9.17) is 5.73 Å². The van der Waals surface area contributed by atoms with Crippen molar-refractivity contribution in [2.75, 3.05) is 13.1 Å². The van der Waals surface area contributed by atoms with Crippen molar-refractivity contribution in [1.82, 2.24) is 19.9 Å². The molecule has 0 radical (unpaired) electrons. The fourth-order valence-corrected chi connectivity index (χ4v) is 3.61. The molecule has 3 heterocycles. The summed E-state index contributed by atoms with van der Waals surface area (Å²) in [5.74, 6) is 0.545. The number of carbonyl (C=O) groups is 1. The Morgan fingerprint density at radius 3 is 3.05 bits per heavy atom. The van der Waals surface area contributed by atoms with Gasteiger partial charge in [-0.05, 0) is 25.8 Å². The second-order valence-electron chi connectivity index (χ2n) is 5.64. The number of hydrogen-bond acceptors (Lipinski definition) is 6. The third kappa shape index (κ3) is 3.15. The molecule has 2 N–H and O–H groups in total. The summed E-state index contributed by atoms with van der Waals surface area (Å²) in [6, 6.07) is 0.263. The number of carbonyl (C=O) groups excluding carboxylic acids is 1. The van der Waals surface area contributed by atoms with E-state index in [0.717, 1.165) is 29.4 Å². The minimum atomic E-state index is 0.124. The lowest BCUT2D eigenvalue weighted by Crippen LogP contribution is -2.35. The summed E-state index contributed by atoms with van der Waals surface area (Å²) < 4.78 is 0. The van der Waals surface area contributed by atoms with Gasteiger partial charge < -0.3 is 10.6 Å². The highest BCUT2D eigenvalue weighted by molar-refractivity contribution is 7.13. The molecule has 1 amide bonds. The molecule has 0 spiro atoms. The average molecular weight is 317 g/mol. The van der Waals surface area contributed by atoms with Crippen LogP contribution in [0.5, 0.6) is 0 Å². The minimum absolute atomic E-state index is 0.124. The van der Waals surface area contributed by atoms with Crippen LogP contribution in [0.1, 0.15) is 19.0 Å². The van der Waals surface area contributed by atoms with Crippen LogP contribution in [-0.2, 0) is 11.2 Å². The zero-order valence-corrected chi connectivity index (χ0v) is 13.3. The number of likely N-dealkylation sites (tertiary alicyclic amines) is 1. The third-order valence-corrected chi connectivity index (χ3v) is 4.90. The normalized spacial score (nSPS) is 21.3. The Kier molecular flexibility index (Phi) is 4.44. The lowest BCUT2D eigenvalue weighted by atomic mass is 10.1. The number of rotatable bonds is 4. The van der Waals surface area contributed by atoms with Crippen LogP contribution in [0.4, 0.5) is 0 Å². The molecule has 1 aliphatic heterocycles. The van der Waals surface area contributed by atoms with Gasteiger partial charge in [0.1, 0.15) is 10.7 Å². The molecule has 2 aromatic heterocycles. The van der Waals surface area contributed by atoms with Crippen molar-refractivity contribution in [2.24, 2.45) is 11.7 Å². The number of nitrogens with zero attached hydrogens (tertiary/aromatic N) is 4. The van der Waals surface area contributed by atoms with E-state index in [9.17, 15) is 4.79 Å². The molecule has 2 aromatic rings. The van der Waals surface area contributed by atoms with Crippen molar-refractivity contribution in [2.45, 2.75) is 25.8 Å². The molecule has 6 nitrogen and oxygen atoms in total. The Morgan fingerprint density at radius 2 is 2.36 bits per heavy atom. The van der Waals surface area contributed by atoms with E-state index < -0.39 is 0 Å². The third-order valence-electron chi connectivity index (χ3n) is 3.98. The van der Waals surface area contributed by atoms with Crippen LogP contribution in [-0.4, -0.2) is 44.9 Å². The monoisotopic (exact) mass is 317 g/mol. The molecule has 0 bridgehead atoms. The fourth-order valence-electron chi connectivity index (χ4n) is 2.83. The average Bonchev–Trinajstić information content (AvgIpc) is 3.14. The summed E-state index contributed by atoms with van der Waals surface area (Å²) in [6.45, 7) is 3.49. The maximum Gasteiger partial charge on any atom is 0.228 e. The quantitative estimate of drug-likeness (QED) is 0.920. The molecule has 3 rings (SSSR count). The molecule has 1 aliphatic rings. The van der Waals surface area contributed by atoms with Crippen LogP contribution in [0.15, 0.2) is 24.0 Å². The Hall–Kier alpha value is -1.86.